The van der Waals surface area contributed by atoms with Crippen LogP contribution in [0.1, 0.15) is 47.7 Å². The maximum absolute atomic E-state index is 6.37. The molecular weight excluding hydrogens is 286 g/mol. The van der Waals surface area contributed by atoms with Crippen molar-refractivity contribution in [3.8, 4) is 0 Å². The van der Waals surface area contributed by atoms with Crippen LogP contribution >= 0.6 is 11.6 Å². The van der Waals surface area contributed by atoms with Crippen LogP contribution in [0.3, 0.4) is 0 Å². The molecule has 2 aromatic heterocycles. The molecule has 2 aromatic rings. The zero-order chi connectivity index (χ0) is 15.6. The Labute approximate surface area is 131 Å². The van der Waals surface area contributed by atoms with Gasteiger partial charge in [0.15, 0.2) is 0 Å². The summed E-state index contributed by atoms with van der Waals surface area (Å²) in [5, 5.41) is 8.71. The summed E-state index contributed by atoms with van der Waals surface area (Å²) in [5.74, 6) is 1.92. The molecule has 5 heteroatoms. The van der Waals surface area contributed by atoms with E-state index in [2.05, 4.69) is 23.4 Å². The lowest BCUT2D eigenvalue weighted by atomic mass is 9.99. The fourth-order valence-electron chi connectivity index (χ4n) is 2.72. The summed E-state index contributed by atoms with van der Waals surface area (Å²) in [4.78, 5) is 0. The molecule has 2 heterocycles. The lowest BCUT2D eigenvalue weighted by molar-refractivity contribution is 0.480. The molecule has 0 bridgehead atoms. The van der Waals surface area contributed by atoms with Crippen LogP contribution in [-0.4, -0.2) is 16.3 Å². The third kappa shape index (κ3) is 3.50. The molecule has 0 fully saturated rings. The second-order valence-electron chi connectivity index (χ2n) is 5.56. The number of hydrogen-bond acceptors (Lipinski definition) is 3. The molecule has 0 saturated heterocycles. The van der Waals surface area contributed by atoms with Crippen molar-refractivity contribution in [1.82, 2.24) is 15.1 Å². The molecule has 0 spiro atoms. The Morgan fingerprint density at radius 1 is 1.38 bits per heavy atom. The monoisotopic (exact) mass is 309 g/mol. The zero-order valence-electron chi connectivity index (χ0n) is 13.5. The lowest BCUT2D eigenvalue weighted by Gasteiger charge is -2.18. The van der Waals surface area contributed by atoms with Gasteiger partial charge in [-0.15, -0.1) is 0 Å². The van der Waals surface area contributed by atoms with E-state index in [1.165, 1.54) is 5.56 Å². The van der Waals surface area contributed by atoms with Crippen molar-refractivity contribution in [2.24, 2.45) is 7.05 Å². The summed E-state index contributed by atoms with van der Waals surface area (Å²) in [5.41, 5.74) is 3.30. The van der Waals surface area contributed by atoms with E-state index in [4.69, 9.17) is 16.0 Å². The zero-order valence-corrected chi connectivity index (χ0v) is 14.2. The van der Waals surface area contributed by atoms with Crippen LogP contribution in [0, 0.1) is 20.8 Å². The van der Waals surface area contributed by atoms with Gasteiger partial charge in [-0.3, -0.25) is 4.68 Å². The van der Waals surface area contributed by atoms with Crippen LogP contribution < -0.4 is 5.32 Å². The topological polar surface area (TPSA) is 43.0 Å². The Morgan fingerprint density at radius 2 is 2.10 bits per heavy atom. The molecular formula is C16H24ClN3O. The number of aryl methyl sites for hydroxylation is 4. The Morgan fingerprint density at radius 3 is 2.57 bits per heavy atom. The smallest absolute Gasteiger partial charge is 0.130 e. The van der Waals surface area contributed by atoms with Gasteiger partial charge >= 0.3 is 0 Å². The van der Waals surface area contributed by atoms with Crippen molar-refractivity contribution in [3.63, 3.8) is 0 Å². The average molecular weight is 310 g/mol. The highest BCUT2D eigenvalue weighted by Gasteiger charge is 2.21. The molecule has 0 aliphatic heterocycles. The molecule has 2 rings (SSSR count). The Bertz CT molecular complexity index is 615. The second kappa shape index (κ2) is 6.67. The van der Waals surface area contributed by atoms with E-state index < -0.39 is 0 Å². The van der Waals surface area contributed by atoms with Gasteiger partial charge in [0.05, 0.1) is 5.69 Å². The molecule has 0 amide bonds. The maximum Gasteiger partial charge on any atom is 0.130 e. The number of furan rings is 1. The fraction of sp³-hybridized carbons (Fsp3) is 0.562. The van der Waals surface area contributed by atoms with E-state index >= 15 is 0 Å². The van der Waals surface area contributed by atoms with E-state index in [1.807, 2.05) is 27.8 Å². The quantitative estimate of drug-likeness (QED) is 0.880. The van der Waals surface area contributed by atoms with Crippen molar-refractivity contribution >= 4 is 11.6 Å². The first kappa shape index (κ1) is 16.1. The Hall–Kier alpha value is -1.26. The van der Waals surface area contributed by atoms with Crippen molar-refractivity contribution in [2.75, 3.05) is 6.54 Å². The number of rotatable bonds is 6. The lowest BCUT2D eigenvalue weighted by Crippen LogP contribution is -2.24. The van der Waals surface area contributed by atoms with Gasteiger partial charge in [-0.2, -0.15) is 5.10 Å². The highest BCUT2D eigenvalue weighted by atomic mass is 35.5. The van der Waals surface area contributed by atoms with E-state index in [9.17, 15) is 0 Å². The van der Waals surface area contributed by atoms with Gasteiger partial charge in [0.1, 0.15) is 16.7 Å². The summed E-state index contributed by atoms with van der Waals surface area (Å²) >= 11 is 6.37. The first-order valence-electron chi connectivity index (χ1n) is 7.42. The van der Waals surface area contributed by atoms with E-state index in [0.717, 1.165) is 42.2 Å². The summed E-state index contributed by atoms with van der Waals surface area (Å²) in [6.45, 7) is 9.13. The Kier molecular flexibility index (Phi) is 5.12. The number of nitrogens with one attached hydrogen (secondary N) is 1. The minimum Gasteiger partial charge on any atom is -0.466 e. The minimum atomic E-state index is 0.197. The predicted molar refractivity (Wildman–Crippen MR) is 85.9 cm³/mol. The van der Waals surface area contributed by atoms with Crippen molar-refractivity contribution < 1.29 is 4.42 Å². The molecule has 0 aromatic carbocycles. The van der Waals surface area contributed by atoms with E-state index in [0.29, 0.717) is 5.15 Å². The third-order valence-corrected chi connectivity index (χ3v) is 4.25. The van der Waals surface area contributed by atoms with Gasteiger partial charge in [0, 0.05) is 24.2 Å². The fourth-order valence-corrected chi connectivity index (χ4v) is 2.97. The molecule has 0 aliphatic carbocycles. The van der Waals surface area contributed by atoms with Gasteiger partial charge in [-0.05, 0) is 46.2 Å². The highest BCUT2D eigenvalue weighted by molar-refractivity contribution is 6.30. The minimum absolute atomic E-state index is 0.197. The first-order chi connectivity index (χ1) is 9.93. The van der Waals surface area contributed by atoms with Crippen molar-refractivity contribution in [2.45, 2.75) is 46.6 Å². The Balaban J connectivity index is 2.30. The van der Waals surface area contributed by atoms with Gasteiger partial charge < -0.3 is 9.73 Å². The van der Waals surface area contributed by atoms with Gasteiger partial charge in [-0.1, -0.05) is 18.5 Å². The molecule has 116 valence electrons. The maximum atomic E-state index is 6.37. The largest absolute Gasteiger partial charge is 0.466 e. The van der Waals surface area contributed by atoms with Crippen LogP contribution in [0.4, 0.5) is 0 Å². The summed E-state index contributed by atoms with van der Waals surface area (Å²) in [6, 6.07) is 2.31. The van der Waals surface area contributed by atoms with Crippen LogP contribution in [0.25, 0.3) is 0 Å². The summed E-state index contributed by atoms with van der Waals surface area (Å²) < 4.78 is 7.42. The second-order valence-corrected chi connectivity index (χ2v) is 5.92. The normalized spacial score (nSPS) is 12.9. The highest BCUT2D eigenvalue weighted by Crippen LogP contribution is 2.29. The van der Waals surface area contributed by atoms with Crippen LogP contribution in [0.15, 0.2) is 10.5 Å². The molecule has 21 heavy (non-hydrogen) atoms. The SMILES string of the molecule is CCCNC(Cc1c(C)nn(C)c1Cl)c1cc(C)oc1C. The molecule has 0 saturated carbocycles. The number of aromatic nitrogens is 2. The number of halogens is 1. The van der Waals surface area contributed by atoms with Crippen LogP contribution in [-0.2, 0) is 13.5 Å². The number of hydrogen-bond donors (Lipinski definition) is 1. The molecule has 1 atom stereocenters. The molecule has 0 aliphatic rings. The van der Waals surface area contributed by atoms with Crippen LogP contribution in [0.2, 0.25) is 5.15 Å². The van der Waals surface area contributed by atoms with E-state index in [1.54, 1.807) is 4.68 Å². The average Bonchev–Trinajstić information content (AvgIpc) is 2.87. The molecule has 4 nitrogen and oxygen atoms in total. The van der Waals surface area contributed by atoms with Gasteiger partial charge in [0.2, 0.25) is 0 Å². The molecule has 0 radical (unpaired) electrons. The molecule has 1 unspecified atom stereocenters. The van der Waals surface area contributed by atoms with Gasteiger partial charge in [0.25, 0.3) is 0 Å². The first-order valence-corrected chi connectivity index (χ1v) is 7.80. The number of nitrogens with zero attached hydrogens (tertiary/aromatic N) is 2. The summed E-state index contributed by atoms with van der Waals surface area (Å²) in [6.07, 6.45) is 1.91. The summed E-state index contributed by atoms with van der Waals surface area (Å²) in [7, 11) is 1.88. The predicted octanol–water partition coefficient (Wildman–Crippen LogP) is 3.88. The van der Waals surface area contributed by atoms with Crippen LogP contribution in [0.5, 0.6) is 0 Å². The standard InChI is InChI=1S/C16H24ClN3O/c1-6-7-18-15(14-8-10(2)21-12(14)4)9-13-11(3)19-20(5)16(13)17/h8,15,18H,6-7,9H2,1-5H3. The van der Waals surface area contributed by atoms with Crippen molar-refractivity contribution in [3.05, 3.63) is 39.6 Å². The van der Waals surface area contributed by atoms with Crippen molar-refractivity contribution in [1.29, 1.82) is 0 Å². The molecule has 1 N–H and O–H groups in total. The van der Waals surface area contributed by atoms with E-state index in [-0.39, 0.29) is 6.04 Å². The third-order valence-electron chi connectivity index (χ3n) is 3.77. The van der Waals surface area contributed by atoms with Gasteiger partial charge in [-0.25, -0.2) is 0 Å².